The van der Waals surface area contributed by atoms with Crippen molar-refractivity contribution in [2.75, 3.05) is 40.4 Å². The highest BCUT2D eigenvalue weighted by atomic mass is 16.7. The van der Waals surface area contributed by atoms with Gasteiger partial charge in [-0.05, 0) is 33.6 Å². The van der Waals surface area contributed by atoms with E-state index in [4.69, 9.17) is 9.47 Å². The van der Waals surface area contributed by atoms with Gasteiger partial charge in [-0.15, -0.1) is 0 Å². The van der Waals surface area contributed by atoms with Crippen LogP contribution in [0.2, 0.25) is 0 Å². The van der Waals surface area contributed by atoms with Gasteiger partial charge in [-0.2, -0.15) is 0 Å². The molecule has 0 unspecified atom stereocenters. The zero-order valence-corrected chi connectivity index (χ0v) is 15.8. The molecule has 0 aliphatic heterocycles. The molecule has 138 valence electrons. The Morgan fingerprint density at radius 3 is 1.50 bits per heavy atom. The lowest BCUT2D eigenvalue weighted by atomic mass is 10.3. The van der Waals surface area contributed by atoms with E-state index < -0.39 is 0 Å². The van der Waals surface area contributed by atoms with Gasteiger partial charge in [0.2, 0.25) is 11.8 Å². The maximum atomic E-state index is 11.6. The molecular weight excluding hydrogens is 308 g/mol. The normalized spacial score (nSPS) is 10.6. The first-order valence-electron chi connectivity index (χ1n) is 8.22. The van der Waals surface area contributed by atoms with E-state index in [2.05, 4.69) is 13.2 Å². The monoisotopic (exact) mass is 340 g/mol. The van der Waals surface area contributed by atoms with E-state index in [1.165, 1.54) is 0 Å². The Balaban J connectivity index is 3.72. The number of carbonyl (C=O) groups is 2. The average molecular weight is 340 g/mol. The summed E-state index contributed by atoms with van der Waals surface area (Å²) >= 11 is 0. The summed E-state index contributed by atoms with van der Waals surface area (Å²) in [5.41, 5.74) is 1.07. The third-order valence-corrected chi connectivity index (χ3v) is 3.40. The molecular formula is C18H32N2O4. The Morgan fingerprint density at radius 1 is 0.875 bits per heavy atom. The lowest BCUT2D eigenvalue weighted by molar-refractivity contribution is -0.135. The largest absolute Gasteiger partial charge is 0.353 e. The molecule has 0 bridgehead atoms. The maximum absolute atomic E-state index is 11.6. The molecule has 6 heteroatoms. The molecule has 0 aromatic carbocycles. The maximum Gasteiger partial charge on any atom is 0.248 e. The SMILES string of the molecule is C=C(C)C(=O)N(C)CCCOC(C)OCCCN(C)C(=O)C(=C)C. The molecule has 0 aliphatic rings. The van der Waals surface area contributed by atoms with Crippen molar-refractivity contribution in [3.05, 3.63) is 24.3 Å². The zero-order valence-electron chi connectivity index (χ0n) is 15.8. The van der Waals surface area contributed by atoms with Crippen LogP contribution in [0.15, 0.2) is 24.3 Å². The van der Waals surface area contributed by atoms with Gasteiger partial charge in [0.25, 0.3) is 0 Å². The predicted molar refractivity (Wildman–Crippen MR) is 95.5 cm³/mol. The predicted octanol–water partition coefficient (Wildman–Crippen LogP) is 2.21. The van der Waals surface area contributed by atoms with Crippen LogP contribution >= 0.6 is 0 Å². The van der Waals surface area contributed by atoms with Gasteiger partial charge in [0.1, 0.15) is 0 Å². The smallest absolute Gasteiger partial charge is 0.248 e. The van der Waals surface area contributed by atoms with Crippen molar-refractivity contribution in [2.24, 2.45) is 0 Å². The molecule has 0 fully saturated rings. The Kier molecular flexibility index (Phi) is 11.0. The van der Waals surface area contributed by atoms with Crippen LogP contribution in [-0.2, 0) is 19.1 Å². The van der Waals surface area contributed by atoms with E-state index in [9.17, 15) is 9.59 Å². The quantitative estimate of drug-likeness (QED) is 0.310. The van der Waals surface area contributed by atoms with E-state index in [-0.39, 0.29) is 18.1 Å². The van der Waals surface area contributed by atoms with E-state index in [1.807, 2.05) is 6.92 Å². The molecule has 0 aromatic heterocycles. The Labute approximate surface area is 146 Å². The van der Waals surface area contributed by atoms with Gasteiger partial charge in [-0.25, -0.2) is 0 Å². The van der Waals surface area contributed by atoms with Crippen molar-refractivity contribution in [1.82, 2.24) is 9.80 Å². The molecule has 0 saturated carbocycles. The fraction of sp³-hybridized carbons (Fsp3) is 0.667. The zero-order chi connectivity index (χ0) is 18.7. The van der Waals surface area contributed by atoms with E-state index in [0.29, 0.717) is 37.4 Å². The minimum atomic E-state index is -0.311. The van der Waals surface area contributed by atoms with Crippen molar-refractivity contribution in [1.29, 1.82) is 0 Å². The molecule has 0 atom stereocenters. The van der Waals surface area contributed by atoms with Crippen molar-refractivity contribution in [3.63, 3.8) is 0 Å². The van der Waals surface area contributed by atoms with Crippen LogP contribution < -0.4 is 0 Å². The molecule has 0 aliphatic carbocycles. The van der Waals surface area contributed by atoms with Gasteiger partial charge < -0.3 is 19.3 Å². The first kappa shape index (κ1) is 22.3. The van der Waals surface area contributed by atoms with Crippen molar-refractivity contribution >= 4 is 11.8 Å². The van der Waals surface area contributed by atoms with Crippen LogP contribution in [0.25, 0.3) is 0 Å². The summed E-state index contributed by atoms with van der Waals surface area (Å²) in [4.78, 5) is 26.5. The molecule has 0 saturated heterocycles. The van der Waals surface area contributed by atoms with E-state index >= 15 is 0 Å². The number of rotatable bonds is 12. The highest BCUT2D eigenvalue weighted by Gasteiger charge is 2.10. The van der Waals surface area contributed by atoms with Gasteiger partial charge >= 0.3 is 0 Å². The van der Waals surface area contributed by atoms with Crippen LogP contribution in [0.4, 0.5) is 0 Å². The lowest BCUT2D eigenvalue weighted by Crippen LogP contribution is -2.29. The topological polar surface area (TPSA) is 59.1 Å². The van der Waals surface area contributed by atoms with Gasteiger partial charge in [-0.3, -0.25) is 9.59 Å². The Bertz CT molecular complexity index is 408. The van der Waals surface area contributed by atoms with Crippen LogP contribution in [0, 0.1) is 0 Å². The van der Waals surface area contributed by atoms with E-state index in [1.54, 1.807) is 37.7 Å². The molecule has 0 heterocycles. The molecule has 0 spiro atoms. The standard InChI is InChI=1S/C18H32N2O4/c1-14(2)17(21)19(6)10-8-12-23-16(5)24-13-9-11-20(7)18(22)15(3)4/h16H,1,3,8-13H2,2,4-7H3. The summed E-state index contributed by atoms with van der Waals surface area (Å²) in [7, 11) is 3.50. The molecule has 0 rings (SSSR count). The highest BCUT2D eigenvalue weighted by Crippen LogP contribution is 2.01. The van der Waals surface area contributed by atoms with Crippen LogP contribution in [0.1, 0.15) is 33.6 Å². The number of ether oxygens (including phenoxy) is 2. The van der Waals surface area contributed by atoms with Gasteiger partial charge in [0, 0.05) is 38.3 Å². The summed E-state index contributed by atoms with van der Waals surface area (Å²) < 4.78 is 11.1. The Morgan fingerprint density at radius 2 is 1.21 bits per heavy atom. The van der Waals surface area contributed by atoms with Crippen molar-refractivity contribution in [2.45, 2.75) is 39.9 Å². The Hall–Kier alpha value is -1.66. The average Bonchev–Trinajstić information content (AvgIpc) is 2.53. The van der Waals surface area contributed by atoms with Crippen LogP contribution in [0.3, 0.4) is 0 Å². The second-order valence-electron chi connectivity index (χ2n) is 6.03. The first-order chi connectivity index (χ1) is 11.2. The summed E-state index contributed by atoms with van der Waals surface area (Å²) in [6.07, 6.45) is 1.16. The summed E-state index contributed by atoms with van der Waals surface area (Å²) in [6, 6.07) is 0. The molecule has 2 amide bonds. The minimum absolute atomic E-state index is 0.0484. The van der Waals surface area contributed by atoms with Crippen LogP contribution in [0.5, 0.6) is 0 Å². The summed E-state index contributed by atoms with van der Waals surface area (Å²) in [5.74, 6) is -0.0968. The third-order valence-electron chi connectivity index (χ3n) is 3.40. The van der Waals surface area contributed by atoms with Gasteiger partial charge in [0.05, 0.1) is 13.2 Å². The van der Waals surface area contributed by atoms with Gasteiger partial charge in [0.15, 0.2) is 6.29 Å². The van der Waals surface area contributed by atoms with Crippen LogP contribution in [-0.4, -0.2) is 68.3 Å². The highest BCUT2D eigenvalue weighted by molar-refractivity contribution is 5.92. The van der Waals surface area contributed by atoms with Gasteiger partial charge in [-0.1, -0.05) is 13.2 Å². The first-order valence-corrected chi connectivity index (χ1v) is 8.22. The summed E-state index contributed by atoms with van der Waals surface area (Å²) in [5, 5.41) is 0. The van der Waals surface area contributed by atoms with Crippen molar-refractivity contribution < 1.29 is 19.1 Å². The second-order valence-corrected chi connectivity index (χ2v) is 6.03. The second kappa shape index (κ2) is 11.8. The fourth-order valence-electron chi connectivity index (χ4n) is 2.00. The molecule has 0 aromatic rings. The number of likely N-dealkylation sites (N-methyl/N-ethyl adjacent to an activating group) is 2. The summed E-state index contributed by atoms with van der Waals surface area (Å²) in [6.45, 7) is 14.8. The molecule has 0 N–H and O–H groups in total. The number of hydrogen-bond donors (Lipinski definition) is 0. The minimum Gasteiger partial charge on any atom is -0.353 e. The fourth-order valence-corrected chi connectivity index (χ4v) is 2.00. The molecule has 6 nitrogen and oxygen atoms in total. The third kappa shape index (κ3) is 9.47. The molecule has 0 radical (unpaired) electrons. The van der Waals surface area contributed by atoms with E-state index in [0.717, 1.165) is 12.8 Å². The number of amides is 2. The van der Waals surface area contributed by atoms with Crippen molar-refractivity contribution in [3.8, 4) is 0 Å². The number of carbonyl (C=O) groups excluding carboxylic acids is 2. The molecule has 24 heavy (non-hydrogen) atoms. The number of nitrogens with zero attached hydrogens (tertiary/aromatic N) is 2. The number of hydrogen-bond acceptors (Lipinski definition) is 4. The lowest BCUT2D eigenvalue weighted by Gasteiger charge is -2.19.